The van der Waals surface area contributed by atoms with E-state index in [0.29, 0.717) is 6.54 Å². The van der Waals surface area contributed by atoms with Crippen LogP contribution in [0.5, 0.6) is 0 Å². The third kappa shape index (κ3) is 5.05. The molecule has 20 heavy (non-hydrogen) atoms. The number of carbonyl (C=O) groups excluding carboxylic acids is 2. The monoisotopic (exact) mass is 279 g/mol. The molecule has 0 heterocycles. The Morgan fingerprint density at radius 2 is 2.05 bits per heavy atom. The first kappa shape index (κ1) is 15.6. The molecule has 1 aromatic rings. The SMILES string of the molecule is CCCCNC(=O)CNC(=O)c1cccc([N+](=O)[O-])c1. The molecule has 0 bridgehead atoms. The molecule has 0 unspecified atom stereocenters. The fraction of sp³-hybridized carbons (Fsp3) is 0.385. The number of rotatable bonds is 7. The van der Waals surface area contributed by atoms with Crippen LogP contribution in [0.4, 0.5) is 5.69 Å². The summed E-state index contributed by atoms with van der Waals surface area (Å²) in [4.78, 5) is 33.2. The molecule has 7 heteroatoms. The average Bonchev–Trinajstić information content (AvgIpc) is 2.45. The van der Waals surface area contributed by atoms with Crippen LogP contribution in [-0.2, 0) is 4.79 Å². The third-order valence-corrected chi connectivity index (χ3v) is 2.58. The number of nitrogens with one attached hydrogen (secondary N) is 2. The quantitative estimate of drug-likeness (QED) is 0.445. The van der Waals surface area contributed by atoms with Crippen molar-refractivity contribution < 1.29 is 14.5 Å². The molecule has 0 radical (unpaired) electrons. The molecule has 108 valence electrons. The summed E-state index contributed by atoms with van der Waals surface area (Å²) in [7, 11) is 0. The highest BCUT2D eigenvalue weighted by Gasteiger charge is 2.12. The van der Waals surface area contributed by atoms with E-state index < -0.39 is 10.8 Å². The Hall–Kier alpha value is -2.44. The Labute approximate surface area is 116 Å². The van der Waals surface area contributed by atoms with E-state index >= 15 is 0 Å². The fourth-order valence-corrected chi connectivity index (χ4v) is 1.49. The summed E-state index contributed by atoms with van der Waals surface area (Å²) in [6.07, 6.45) is 1.85. The molecule has 0 fully saturated rings. The molecular formula is C13H17N3O4. The van der Waals surface area contributed by atoms with Gasteiger partial charge in [0.1, 0.15) is 0 Å². The summed E-state index contributed by atoms with van der Waals surface area (Å²) >= 11 is 0. The van der Waals surface area contributed by atoms with Crippen LogP contribution in [0.15, 0.2) is 24.3 Å². The van der Waals surface area contributed by atoms with Crippen LogP contribution in [0, 0.1) is 10.1 Å². The summed E-state index contributed by atoms with van der Waals surface area (Å²) in [6.45, 7) is 2.43. The number of non-ortho nitro benzene ring substituents is 1. The zero-order valence-electron chi connectivity index (χ0n) is 11.2. The van der Waals surface area contributed by atoms with E-state index in [-0.39, 0.29) is 23.7 Å². The molecule has 0 aliphatic heterocycles. The molecular weight excluding hydrogens is 262 g/mol. The maximum atomic E-state index is 11.7. The normalized spacial score (nSPS) is 9.85. The molecule has 1 aromatic carbocycles. The number of benzene rings is 1. The van der Waals surface area contributed by atoms with Gasteiger partial charge in [-0.2, -0.15) is 0 Å². The Kier molecular flexibility index (Phi) is 6.15. The van der Waals surface area contributed by atoms with Crippen molar-refractivity contribution in [2.24, 2.45) is 0 Å². The zero-order valence-corrected chi connectivity index (χ0v) is 11.2. The number of nitrogens with zero attached hydrogens (tertiary/aromatic N) is 1. The van der Waals surface area contributed by atoms with E-state index in [1.165, 1.54) is 24.3 Å². The Bertz CT molecular complexity index is 502. The van der Waals surface area contributed by atoms with Gasteiger partial charge in [-0.1, -0.05) is 19.4 Å². The lowest BCUT2D eigenvalue weighted by Crippen LogP contribution is -2.37. The summed E-state index contributed by atoms with van der Waals surface area (Å²) in [5.41, 5.74) is -0.00870. The van der Waals surface area contributed by atoms with E-state index in [4.69, 9.17) is 0 Å². The van der Waals surface area contributed by atoms with Crippen LogP contribution in [0.2, 0.25) is 0 Å². The van der Waals surface area contributed by atoms with Gasteiger partial charge < -0.3 is 10.6 Å². The number of nitro benzene ring substituents is 1. The molecule has 2 amide bonds. The summed E-state index contributed by atoms with van der Waals surface area (Å²) in [6, 6.07) is 5.35. The van der Waals surface area contributed by atoms with Crippen LogP contribution < -0.4 is 10.6 Å². The van der Waals surface area contributed by atoms with E-state index in [1.54, 1.807) is 0 Å². The Balaban J connectivity index is 2.48. The third-order valence-electron chi connectivity index (χ3n) is 2.58. The maximum Gasteiger partial charge on any atom is 0.270 e. The van der Waals surface area contributed by atoms with Crippen LogP contribution in [0.25, 0.3) is 0 Å². The topological polar surface area (TPSA) is 101 Å². The smallest absolute Gasteiger partial charge is 0.270 e. The number of amides is 2. The second kappa shape index (κ2) is 7.88. The lowest BCUT2D eigenvalue weighted by molar-refractivity contribution is -0.384. The minimum Gasteiger partial charge on any atom is -0.355 e. The molecule has 0 spiro atoms. The minimum atomic E-state index is -0.575. The van der Waals surface area contributed by atoms with Gasteiger partial charge in [0.25, 0.3) is 11.6 Å². The zero-order chi connectivity index (χ0) is 15.0. The van der Waals surface area contributed by atoms with Crippen molar-refractivity contribution in [2.45, 2.75) is 19.8 Å². The van der Waals surface area contributed by atoms with Gasteiger partial charge in [-0.3, -0.25) is 19.7 Å². The van der Waals surface area contributed by atoms with Crippen molar-refractivity contribution in [2.75, 3.05) is 13.1 Å². The van der Waals surface area contributed by atoms with Crippen molar-refractivity contribution >= 4 is 17.5 Å². The van der Waals surface area contributed by atoms with Gasteiger partial charge in [-0.25, -0.2) is 0 Å². The highest BCUT2D eigenvalue weighted by atomic mass is 16.6. The van der Waals surface area contributed by atoms with Gasteiger partial charge in [-0.05, 0) is 12.5 Å². The number of unbranched alkanes of at least 4 members (excludes halogenated alkanes) is 1. The predicted molar refractivity (Wildman–Crippen MR) is 73.3 cm³/mol. The van der Waals surface area contributed by atoms with Gasteiger partial charge >= 0.3 is 0 Å². The van der Waals surface area contributed by atoms with E-state index in [2.05, 4.69) is 10.6 Å². The highest BCUT2D eigenvalue weighted by Crippen LogP contribution is 2.12. The van der Waals surface area contributed by atoms with Gasteiger partial charge in [0.15, 0.2) is 0 Å². The second-order valence-corrected chi connectivity index (χ2v) is 4.19. The number of hydrogen-bond acceptors (Lipinski definition) is 4. The number of carbonyl (C=O) groups is 2. The molecule has 0 atom stereocenters. The van der Waals surface area contributed by atoms with Crippen LogP contribution in [-0.4, -0.2) is 29.8 Å². The van der Waals surface area contributed by atoms with Gasteiger partial charge in [0.2, 0.25) is 5.91 Å². The van der Waals surface area contributed by atoms with Gasteiger partial charge in [-0.15, -0.1) is 0 Å². The molecule has 0 aromatic heterocycles. The van der Waals surface area contributed by atoms with Crippen LogP contribution in [0.1, 0.15) is 30.1 Å². The predicted octanol–water partition coefficient (Wildman–Crippen LogP) is 1.24. The van der Waals surface area contributed by atoms with Crippen molar-refractivity contribution in [3.8, 4) is 0 Å². The molecule has 2 N–H and O–H groups in total. The largest absolute Gasteiger partial charge is 0.355 e. The lowest BCUT2D eigenvalue weighted by Gasteiger charge is -2.06. The lowest BCUT2D eigenvalue weighted by atomic mass is 10.2. The fourth-order valence-electron chi connectivity index (χ4n) is 1.49. The molecule has 0 saturated carbocycles. The van der Waals surface area contributed by atoms with Gasteiger partial charge in [0.05, 0.1) is 11.5 Å². The highest BCUT2D eigenvalue weighted by molar-refractivity contribution is 5.96. The summed E-state index contributed by atoms with van der Waals surface area (Å²) in [5.74, 6) is -0.795. The van der Waals surface area contributed by atoms with E-state index in [9.17, 15) is 19.7 Å². The van der Waals surface area contributed by atoms with Crippen molar-refractivity contribution in [1.82, 2.24) is 10.6 Å². The molecule has 0 aliphatic carbocycles. The van der Waals surface area contributed by atoms with Crippen LogP contribution in [0.3, 0.4) is 0 Å². The molecule has 0 aliphatic rings. The minimum absolute atomic E-state index is 0.148. The standard InChI is InChI=1S/C13H17N3O4/c1-2-3-7-14-12(17)9-15-13(18)10-5-4-6-11(8-10)16(19)20/h4-6,8H,2-3,7,9H2,1H3,(H,14,17)(H,15,18). The van der Waals surface area contributed by atoms with Crippen molar-refractivity contribution in [3.63, 3.8) is 0 Å². The molecule has 1 rings (SSSR count). The summed E-state index contributed by atoms with van der Waals surface area (Å²) in [5, 5.41) is 15.7. The number of hydrogen-bond donors (Lipinski definition) is 2. The Morgan fingerprint density at radius 3 is 2.70 bits per heavy atom. The first-order valence-electron chi connectivity index (χ1n) is 6.34. The van der Waals surface area contributed by atoms with Crippen LogP contribution >= 0.6 is 0 Å². The first-order chi connectivity index (χ1) is 9.54. The maximum absolute atomic E-state index is 11.7. The molecule has 7 nitrogen and oxygen atoms in total. The molecule has 0 saturated heterocycles. The van der Waals surface area contributed by atoms with Crippen molar-refractivity contribution in [1.29, 1.82) is 0 Å². The Morgan fingerprint density at radius 1 is 1.30 bits per heavy atom. The first-order valence-corrected chi connectivity index (χ1v) is 6.34. The van der Waals surface area contributed by atoms with Gasteiger partial charge in [0, 0.05) is 24.2 Å². The summed E-state index contributed by atoms with van der Waals surface area (Å²) < 4.78 is 0. The van der Waals surface area contributed by atoms with E-state index in [0.717, 1.165) is 12.8 Å². The number of nitro groups is 1. The van der Waals surface area contributed by atoms with Crippen molar-refractivity contribution in [3.05, 3.63) is 39.9 Å². The average molecular weight is 279 g/mol. The van der Waals surface area contributed by atoms with E-state index in [1.807, 2.05) is 6.92 Å². The second-order valence-electron chi connectivity index (χ2n) is 4.19.